The van der Waals surface area contributed by atoms with Crippen molar-refractivity contribution in [2.45, 2.75) is 26.8 Å². The number of aryl methyl sites for hydroxylation is 1. The topological polar surface area (TPSA) is 64.0 Å². The summed E-state index contributed by atoms with van der Waals surface area (Å²) in [5.74, 6) is -0.121. The van der Waals surface area contributed by atoms with Crippen molar-refractivity contribution in [1.82, 2.24) is 14.9 Å². The Morgan fingerprint density at radius 2 is 1.92 bits per heavy atom. The van der Waals surface area contributed by atoms with Gasteiger partial charge in [-0.2, -0.15) is 0 Å². The molecule has 0 aliphatic heterocycles. The number of carbonyl (C=O) groups is 1. The lowest BCUT2D eigenvalue weighted by Gasteiger charge is -2.12. The molecule has 5 heteroatoms. The molecule has 5 nitrogen and oxygen atoms in total. The zero-order chi connectivity index (χ0) is 17.8. The molecule has 3 rings (SSSR count). The van der Waals surface area contributed by atoms with Gasteiger partial charge in [-0.25, -0.2) is 4.98 Å². The number of nitrogens with zero attached hydrogens (tertiary/aromatic N) is 2. The van der Waals surface area contributed by atoms with Crippen molar-refractivity contribution in [3.63, 3.8) is 0 Å². The first kappa shape index (κ1) is 16.9. The van der Waals surface area contributed by atoms with Crippen molar-refractivity contribution in [3.8, 4) is 0 Å². The van der Waals surface area contributed by atoms with Gasteiger partial charge in [0.15, 0.2) is 0 Å². The Morgan fingerprint density at radius 3 is 2.64 bits per heavy atom. The zero-order valence-corrected chi connectivity index (χ0v) is 14.5. The van der Waals surface area contributed by atoms with Crippen LogP contribution < -0.4 is 10.9 Å². The van der Waals surface area contributed by atoms with Gasteiger partial charge in [0.05, 0.1) is 17.6 Å². The molecule has 1 aromatic heterocycles. The highest BCUT2D eigenvalue weighted by Gasteiger charge is 2.12. The fourth-order valence-corrected chi connectivity index (χ4v) is 2.78. The normalized spacial score (nSPS) is 10.8. The largest absolute Gasteiger partial charge is 0.352 e. The van der Waals surface area contributed by atoms with Crippen LogP contribution in [0.1, 0.15) is 35.0 Å². The first-order chi connectivity index (χ1) is 12.1. The van der Waals surface area contributed by atoms with Crippen molar-refractivity contribution >= 4 is 16.9 Å². The molecule has 0 radical (unpaired) electrons. The second kappa shape index (κ2) is 7.30. The van der Waals surface area contributed by atoms with E-state index in [-0.39, 0.29) is 11.5 Å². The SMILES string of the molecule is CCCNC(=O)c1ccc2c(c1)nc(C)c(=O)n2Cc1ccccc1. The van der Waals surface area contributed by atoms with Crippen molar-refractivity contribution in [1.29, 1.82) is 0 Å². The molecule has 1 heterocycles. The van der Waals surface area contributed by atoms with Crippen molar-refractivity contribution in [3.05, 3.63) is 75.7 Å². The number of nitrogens with one attached hydrogen (secondary N) is 1. The number of carbonyl (C=O) groups excluding carboxylic acids is 1. The van der Waals surface area contributed by atoms with Crippen LogP contribution in [-0.2, 0) is 6.54 Å². The van der Waals surface area contributed by atoms with Crippen molar-refractivity contribution in [2.24, 2.45) is 0 Å². The highest BCUT2D eigenvalue weighted by molar-refractivity contribution is 5.97. The Morgan fingerprint density at radius 1 is 1.16 bits per heavy atom. The van der Waals surface area contributed by atoms with Gasteiger partial charge in [-0.15, -0.1) is 0 Å². The number of amides is 1. The number of rotatable bonds is 5. The summed E-state index contributed by atoms with van der Waals surface area (Å²) in [4.78, 5) is 29.1. The molecule has 0 spiro atoms. The van der Waals surface area contributed by atoms with E-state index in [0.717, 1.165) is 17.5 Å². The van der Waals surface area contributed by atoms with E-state index in [0.29, 0.717) is 29.9 Å². The summed E-state index contributed by atoms with van der Waals surface area (Å²) in [6, 6.07) is 15.1. The van der Waals surface area contributed by atoms with Gasteiger partial charge in [0, 0.05) is 12.1 Å². The van der Waals surface area contributed by atoms with Gasteiger partial charge < -0.3 is 9.88 Å². The molecule has 2 aromatic carbocycles. The van der Waals surface area contributed by atoms with Crippen LogP contribution in [-0.4, -0.2) is 22.0 Å². The number of hydrogen-bond acceptors (Lipinski definition) is 3. The summed E-state index contributed by atoms with van der Waals surface area (Å²) in [6.45, 7) is 4.82. The Labute approximate surface area is 146 Å². The van der Waals surface area contributed by atoms with E-state index in [9.17, 15) is 9.59 Å². The van der Waals surface area contributed by atoms with E-state index in [1.807, 2.05) is 37.3 Å². The minimum absolute atomic E-state index is 0.112. The van der Waals surface area contributed by atoms with Gasteiger partial charge in [-0.1, -0.05) is 37.3 Å². The summed E-state index contributed by atoms with van der Waals surface area (Å²) < 4.78 is 1.71. The van der Waals surface area contributed by atoms with Crippen LogP contribution in [0.5, 0.6) is 0 Å². The molecular weight excluding hydrogens is 314 g/mol. The highest BCUT2D eigenvalue weighted by atomic mass is 16.1. The van der Waals surface area contributed by atoms with Crippen LogP contribution in [0.4, 0.5) is 0 Å². The first-order valence-corrected chi connectivity index (χ1v) is 8.43. The molecule has 25 heavy (non-hydrogen) atoms. The van der Waals surface area contributed by atoms with Gasteiger partial charge in [0.2, 0.25) is 0 Å². The van der Waals surface area contributed by atoms with Gasteiger partial charge in [0.1, 0.15) is 5.69 Å². The smallest absolute Gasteiger partial charge is 0.272 e. The minimum atomic E-state index is -0.121. The fourth-order valence-electron chi connectivity index (χ4n) is 2.78. The molecule has 128 valence electrons. The molecule has 0 bridgehead atoms. The predicted octanol–water partition coefficient (Wildman–Crippen LogP) is 2.89. The lowest BCUT2D eigenvalue weighted by Crippen LogP contribution is -2.26. The average molecular weight is 335 g/mol. The summed E-state index contributed by atoms with van der Waals surface area (Å²) in [5, 5.41) is 2.86. The number of benzene rings is 2. The molecule has 0 atom stereocenters. The highest BCUT2D eigenvalue weighted by Crippen LogP contribution is 2.15. The predicted molar refractivity (Wildman–Crippen MR) is 98.9 cm³/mol. The van der Waals surface area contributed by atoms with E-state index in [4.69, 9.17) is 0 Å². The third-order valence-electron chi connectivity index (χ3n) is 4.09. The van der Waals surface area contributed by atoms with Crippen LogP contribution >= 0.6 is 0 Å². The molecular formula is C20H21N3O2. The molecule has 0 aliphatic rings. The van der Waals surface area contributed by atoms with Gasteiger partial charge in [-0.3, -0.25) is 9.59 Å². The molecule has 0 unspecified atom stereocenters. The minimum Gasteiger partial charge on any atom is -0.352 e. The number of hydrogen-bond donors (Lipinski definition) is 1. The zero-order valence-electron chi connectivity index (χ0n) is 14.5. The van der Waals surface area contributed by atoms with E-state index in [1.54, 1.807) is 29.7 Å². The van der Waals surface area contributed by atoms with E-state index < -0.39 is 0 Å². The molecule has 0 aliphatic carbocycles. The summed E-state index contributed by atoms with van der Waals surface area (Å²) >= 11 is 0. The van der Waals surface area contributed by atoms with Gasteiger partial charge in [0.25, 0.3) is 11.5 Å². The third kappa shape index (κ3) is 3.60. The third-order valence-corrected chi connectivity index (χ3v) is 4.09. The maximum absolute atomic E-state index is 12.6. The van der Waals surface area contributed by atoms with Gasteiger partial charge >= 0.3 is 0 Å². The van der Waals surface area contributed by atoms with Crippen LogP contribution in [0.3, 0.4) is 0 Å². The fraction of sp³-hybridized carbons (Fsp3) is 0.250. The molecule has 0 saturated carbocycles. The standard InChI is InChI=1S/C20H21N3O2/c1-3-11-21-19(24)16-9-10-18-17(12-16)22-14(2)20(25)23(18)13-15-7-5-4-6-8-15/h4-10,12H,3,11,13H2,1-2H3,(H,21,24). The van der Waals surface area contributed by atoms with Crippen LogP contribution in [0.2, 0.25) is 0 Å². The maximum Gasteiger partial charge on any atom is 0.272 e. The quantitative estimate of drug-likeness (QED) is 0.780. The monoisotopic (exact) mass is 335 g/mol. The summed E-state index contributed by atoms with van der Waals surface area (Å²) in [6.07, 6.45) is 0.882. The summed E-state index contributed by atoms with van der Waals surface area (Å²) in [7, 11) is 0. The first-order valence-electron chi connectivity index (χ1n) is 8.43. The van der Waals surface area contributed by atoms with Crippen LogP contribution in [0.25, 0.3) is 11.0 Å². The number of aromatic nitrogens is 2. The Bertz CT molecular complexity index is 962. The lowest BCUT2D eigenvalue weighted by molar-refractivity contribution is 0.0954. The Balaban J connectivity index is 2.06. The molecule has 0 saturated heterocycles. The molecule has 0 fully saturated rings. The second-order valence-electron chi connectivity index (χ2n) is 6.03. The average Bonchev–Trinajstić information content (AvgIpc) is 2.63. The van der Waals surface area contributed by atoms with E-state index >= 15 is 0 Å². The van der Waals surface area contributed by atoms with Crippen LogP contribution in [0, 0.1) is 6.92 Å². The maximum atomic E-state index is 12.6. The molecule has 1 amide bonds. The number of fused-ring (bicyclic) bond motifs is 1. The Hall–Kier alpha value is -2.95. The lowest BCUT2D eigenvalue weighted by atomic mass is 10.1. The summed E-state index contributed by atoms with van der Waals surface area (Å²) in [5.41, 5.74) is 3.29. The van der Waals surface area contributed by atoms with E-state index in [1.165, 1.54) is 0 Å². The van der Waals surface area contributed by atoms with Gasteiger partial charge in [-0.05, 0) is 37.1 Å². The van der Waals surface area contributed by atoms with E-state index in [2.05, 4.69) is 10.3 Å². The van der Waals surface area contributed by atoms with Crippen LogP contribution in [0.15, 0.2) is 53.3 Å². The van der Waals surface area contributed by atoms with Crippen molar-refractivity contribution in [2.75, 3.05) is 6.54 Å². The second-order valence-corrected chi connectivity index (χ2v) is 6.03. The molecule has 3 aromatic rings. The Kier molecular flexibility index (Phi) is 4.93. The molecule has 1 N–H and O–H groups in total. The van der Waals surface area contributed by atoms with Crippen molar-refractivity contribution < 1.29 is 4.79 Å².